The highest BCUT2D eigenvalue weighted by Crippen LogP contribution is 2.31. The summed E-state index contributed by atoms with van der Waals surface area (Å²) >= 11 is 1.72. The smallest absolute Gasteiger partial charge is 0.116 e. The molecule has 0 atom stereocenters. The van der Waals surface area contributed by atoms with Crippen LogP contribution >= 0.6 is 11.3 Å². The molecule has 0 amide bonds. The third kappa shape index (κ3) is 1.64. The zero-order chi connectivity index (χ0) is 12.7. The van der Waals surface area contributed by atoms with Gasteiger partial charge in [-0.2, -0.15) is 26.3 Å². The van der Waals surface area contributed by atoms with E-state index < -0.39 is 0 Å². The lowest BCUT2D eigenvalue weighted by Crippen LogP contribution is -1.97. The summed E-state index contributed by atoms with van der Waals surface area (Å²) in [5.41, 5.74) is 7.07. The number of fused-ring (bicyclic) bond motifs is 1. The number of thiophene rings is 1. The minimum Gasteiger partial charge on any atom is -0.184 e. The maximum Gasteiger partial charge on any atom is 0.116 e. The molecule has 18 heavy (non-hydrogen) atoms. The second-order valence-electron chi connectivity index (χ2n) is 4.44. The van der Waals surface area contributed by atoms with E-state index in [9.17, 15) is 0 Å². The second-order valence-corrected chi connectivity index (χ2v) is 5.22. The van der Waals surface area contributed by atoms with Crippen LogP contribution in [0.15, 0.2) is 22.9 Å². The van der Waals surface area contributed by atoms with E-state index >= 15 is 0 Å². The van der Waals surface area contributed by atoms with Crippen LogP contribution in [0.3, 0.4) is 0 Å². The molecule has 92 valence electrons. The van der Waals surface area contributed by atoms with Crippen LogP contribution in [0.4, 0.5) is 0 Å². The summed E-state index contributed by atoms with van der Waals surface area (Å²) in [5, 5.41) is 13.3. The minimum absolute atomic E-state index is 0.807. The molecule has 3 aromatic rings. The Balaban J connectivity index is 2.31. The fraction of sp³-hybridized carbons (Fsp3) is 0.286. The number of hydrogen-bond acceptors (Lipinski definition) is 3. The molecule has 1 aromatic carbocycles. The van der Waals surface area contributed by atoms with Crippen molar-refractivity contribution < 1.29 is 0 Å². The molecule has 0 spiro atoms. The minimum atomic E-state index is 0.807. The Labute approximate surface area is 110 Å². The summed E-state index contributed by atoms with van der Waals surface area (Å²) in [6.45, 7) is 7.15. The van der Waals surface area contributed by atoms with Gasteiger partial charge in [0.1, 0.15) is 11.0 Å². The highest BCUT2D eigenvalue weighted by Gasteiger charge is 2.12. The third-order valence-corrected chi connectivity index (χ3v) is 4.08. The lowest BCUT2D eigenvalue weighted by molar-refractivity contribution is 0.578. The summed E-state index contributed by atoms with van der Waals surface area (Å²) in [7, 11) is 0. The zero-order valence-corrected chi connectivity index (χ0v) is 11.6. The normalized spacial score (nSPS) is 11.3. The van der Waals surface area contributed by atoms with Gasteiger partial charge in [-0.1, -0.05) is 0 Å². The van der Waals surface area contributed by atoms with Crippen LogP contribution in [0.25, 0.3) is 22.2 Å². The zero-order valence-electron chi connectivity index (χ0n) is 10.8. The molecule has 0 saturated carbocycles. The molecular formula is C14H15N3S. The summed E-state index contributed by atoms with van der Waals surface area (Å²) in [5.74, 6) is 0. The van der Waals surface area contributed by atoms with Crippen molar-refractivity contribution in [3.8, 4) is 11.1 Å². The number of hydrogen-bond donors (Lipinski definition) is 0. The SMILES string of the molecule is CCn1nc2cc(-c3ccsc3)c(C)c(C)c2n1. The molecule has 0 aliphatic heterocycles. The Kier molecular flexibility index (Phi) is 2.67. The molecule has 0 radical (unpaired) electrons. The number of benzene rings is 1. The number of rotatable bonds is 2. The van der Waals surface area contributed by atoms with Crippen LogP contribution in [0.1, 0.15) is 18.1 Å². The molecule has 0 aliphatic carbocycles. The maximum atomic E-state index is 4.52. The van der Waals surface area contributed by atoms with E-state index in [-0.39, 0.29) is 0 Å². The first-order chi connectivity index (χ1) is 8.70. The summed E-state index contributed by atoms with van der Waals surface area (Å²) in [4.78, 5) is 1.76. The Morgan fingerprint density at radius 1 is 1.22 bits per heavy atom. The monoisotopic (exact) mass is 257 g/mol. The molecular weight excluding hydrogens is 242 g/mol. The topological polar surface area (TPSA) is 30.7 Å². The summed E-state index contributed by atoms with van der Waals surface area (Å²) < 4.78 is 0. The third-order valence-electron chi connectivity index (χ3n) is 3.40. The van der Waals surface area contributed by atoms with E-state index in [1.54, 1.807) is 16.1 Å². The fourth-order valence-electron chi connectivity index (χ4n) is 2.21. The number of nitrogens with zero attached hydrogens (tertiary/aromatic N) is 3. The molecule has 0 fully saturated rings. The predicted octanol–water partition coefficient (Wildman–Crippen LogP) is 3.80. The highest BCUT2D eigenvalue weighted by atomic mass is 32.1. The lowest BCUT2D eigenvalue weighted by Gasteiger charge is -2.07. The summed E-state index contributed by atoms with van der Waals surface area (Å²) in [6.07, 6.45) is 0. The van der Waals surface area contributed by atoms with E-state index in [1.165, 1.54) is 22.3 Å². The average molecular weight is 257 g/mol. The van der Waals surface area contributed by atoms with Crippen molar-refractivity contribution in [3.05, 3.63) is 34.0 Å². The Hall–Kier alpha value is -1.68. The largest absolute Gasteiger partial charge is 0.184 e. The Morgan fingerprint density at radius 2 is 2.06 bits per heavy atom. The van der Waals surface area contributed by atoms with Gasteiger partial charge < -0.3 is 0 Å². The number of aryl methyl sites for hydroxylation is 2. The van der Waals surface area contributed by atoms with Crippen molar-refractivity contribution in [2.45, 2.75) is 27.3 Å². The first-order valence-electron chi connectivity index (χ1n) is 6.08. The van der Waals surface area contributed by atoms with Gasteiger partial charge in [0.15, 0.2) is 0 Å². The molecule has 0 bridgehead atoms. The molecule has 2 heterocycles. The first-order valence-corrected chi connectivity index (χ1v) is 7.02. The lowest BCUT2D eigenvalue weighted by atomic mass is 9.98. The molecule has 3 rings (SSSR count). The van der Waals surface area contributed by atoms with Gasteiger partial charge in [0.25, 0.3) is 0 Å². The second kappa shape index (κ2) is 4.21. The van der Waals surface area contributed by atoms with E-state index in [0.29, 0.717) is 0 Å². The Bertz CT molecular complexity index is 695. The van der Waals surface area contributed by atoms with Crippen LogP contribution in [0, 0.1) is 13.8 Å². The van der Waals surface area contributed by atoms with Crippen LogP contribution in [-0.2, 0) is 6.54 Å². The van der Waals surface area contributed by atoms with Gasteiger partial charge in [0.05, 0.1) is 6.54 Å². The van der Waals surface area contributed by atoms with Crippen LogP contribution in [0.5, 0.6) is 0 Å². The first kappa shape index (κ1) is 11.4. The quantitative estimate of drug-likeness (QED) is 0.699. The van der Waals surface area contributed by atoms with E-state index in [1.807, 2.05) is 0 Å². The van der Waals surface area contributed by atoms with Gasteiger partial charge in [0.2, 0.25) is 0 Å². The Morgan fingerprint density at radius 3 is 2.72 bits per heavy atom. The van der Waals surface area contributed by atoms with Crippen molar-refractivity contribution >= 4 is 22.4 Å². The van der Waals surface area contributed by atoms with Gasteiger partial charge >= 0.3 is 0 Å². The number of aromatic nitrogens is 3. The van der Waals surface area contributed by atoms with Gasteiger partial charge in [0, 0.05) is 0 Å². The maximum absolute atomic E-state index is 4.52. The van der Waals surface area contributed by atoms with Crippen LogP contribution in [-0.4, -0.2) is 15.0 Å². The fourth-order valence-corrected chi connectivity index (χ4v) is 2.86. The van der Waals surface area contributed by atoms with E-state index in [4.69, 9.17) is 0 Å². The predicted molar refractivity (Wildman–Crippen MR) is 76.0 cm³/mol. The molecule has 0 N–H and O–H groups in total. The molecule has 2 aromatic heterocycles. The molecule has 0 aliphatic rings. The van der Waals surface area contributed by atoms with Crippen LogP contribution < -0.4 is 0 Å². The van der Waals surface area contributed by atoms with Gasteiger partial charge in [-0.05, 0) is 65.9 Å². The molecule has 0 saturated heterocycles. The van der Waals surface area contributed by atoms with E-state index in [2.05, 4.69) is 53.9 Å². The van der Waals surface area contributed by atoms with Gasteiger partial charge in [-0.15, -0.1) is 0 Å². The standard InChI is InChI=1S/C14H15N3S/c1-4-17-15-13-7-12(11-5-6-18-8-11)9(2)10(3)14(13)16-17/h5-8H,4H2,1-3H3. The van der Waals surface area contributed by atoms with Gasteiger partial charge in [-0.3, -0.25) is 0 Å². The van der Waals surface area contributed by atoms with Crippen molar-refractivity contribution in [3.63, 3.8) is 0 Å². The molecule has 3 nitrogen and oxygen atoms in total. The highest BCUT2D eigenvalue weighted by molar-refractivity contribution is 7.08. The van der Waals surface area contributed by atoms with Crippen molar-refractivity contribution in [1.82, 2.24) is 15.0 Å². The molecule has 4 heteroatoms. The van der Waals surface area contributed by atoms with Crippen molar-refractivity contribution in [2.24, 2.45) is 0 Å². The van der Waals surface area contributed by atoms with Gasteiger partial charge in [-0.25, -0.2) is 0 Å². The summed E-state index contributed by atoms with van der Waals surface area (Å²) in [6, 6.07) is 4.31. The van der Waals surface area contributed by atoms with Crippen molar-refractivity contribution in [2.75, 3.05) is 0 Å². The average Bonchev–Trinajstić information content (AvgIpc) is 3.02. The van der Waals surface area contributed by atoms with Crippen LogP contribution in [0.2, 0.25) is 0 Å². The van der Waals surface area contributed by atoms with E-state index in [0.717, 1.165) is 17.6 Å². The van der Waals surface area contributed by atoms with Crippen molar-refractivity contribution in [1.29, 1.82) is 0 Å². The molecule has 0 unspecified atom stereocenters.